The molecule has 0 unspecified atom stereocenters. The van der Waals surface area contributed by atoms with Crippen LogP contribution in [-0.4, -0.2) is 23.1 Å². The summed E-state index contributed by atoms with van der Waals surface area (Å²) in [5, 5.41) is 2.88. The number of hydrogen-bond donors (Lipinski definition) is 1. The van der Waals surface area contributed by atoms with Crippen molar-refractivity contribution in [3.05, 3.63) is 59.7 Å². The molecule has 0 aromatic heterocycles. The van der Waals surface area contributed by atoms with Crippen LogP contribution >= 0.6 is 11.8 Å². The molecular weight excluding hydrogens is 332 g/mol. The van der Waals surface area contributed by atoms with E-state index < -0.39 is 5.54 Å². The Balaban J connectivity index is 1.76. The van der Waals surface area contributed by atoms with E-state index in [-0.39, 0.29) is 11.8 Å². The van der Waals surface area contributed by atoms with E-state index in [9.17, 15) is 9.59 Å². The summed E-state index contributed by atoms with van der Waals surface area (Å²) in [5.74, 6) is 0.897. The Kier molecular flexibility index (Phi) is 4.86. The summed E-state index contributed by atoms with van der Waals surface area (Å²) in [6, 6.07) is 15.6. The maximum Gasteiger partial charge on any atom is 0.250 e. The lowest BCUT2D eigenvalue weighted by atomic mass is 9.96. The zero-order valence-electron chi connectivity index (χ0n) is 14.7. The summed E-state index contributed by atoms with van der Waals surface area (Å²) in [6.45, 7) is 5.64. The molecule has 1 heterocycles. The molecule has 0 bridgehead atoms. The maximum absolute atomic E-state index is 12.9. The molecule has 0 radical (unpaired) electrons. The van der Waals surface area contributed by atoms with Crippen LogP contribution in [0.1, 0.15) is 25.0 Å². The number of hydrogen-bond acceptors (Lipinski definition) is 3. The first-order valence-electron chi connectivity index (χ1n) is 8.27. The minimum Gasteiger partial charge on any atom is -0.322 e. The van der Waals surface area contributed by atoms with Crippen LogP contribution in [-0.2, 0) is 15.3 Å². The van der Waals surface area contributed by atoms with E-state index in [0.29, 0.717) is 11.4 Å². The summed E-state index contributed by atoms with van der Waals surface area (Å²) in [6.07, 6.45) is 0. The fourth-order valence-corrected chi connectivity index (χ4v) is 3.93. The number of amides is 2. The number of anilines is 2. The third-order valence-electron chi connectivity index (χ3n) is 4.50. The van der Waals surface area contributed by atoms with Crippen molar-refractivity contribution in [3.63, 3.8) is 0 Å². The summed E-state index contributed by atoms with van der Waals surface area (Å²) >= 11 is 1.58. The second kappa shape index (κ2) is 6.92. The molecule has 1 N–H and O–H groups in total. The van der Waals surface area contributed by atoms with Crippen molar-refractivity contribution in [1.29, 1.82) is 0 Å². The molecular formula is C20H22N2O2S. The Morgan fingerprint density at radius 2 is 1.80 bits per heavy atom. The molecule has 130 valence electrons. The van der Waals surface area contributed by atoms with Gasteiger partial charge in [0.1, 0.15) is 5.54 Å². The number of benzene rings is 2. The van der Waals surface area contributed by atoms with Gasteiger partial charge in [0, 0.05) is 5.75 Å². The molecule has 0 aliphatic carbocycles. The fraction of sp³-hybridized carbons (Fsp3) is 0.300. The topological polar surface area (TPSA) is 49.4 Å². The summed E-state index contributed by atoms with van der Waals surface area (Å²) in [4.78, 5) is 27.0. The number of nitrogens with one attached hydrogen (secondary N) is 1. The molecule has 4 nitrogen and oxygen atoms in total. The van der Waals surface area contributed by atoms with Gasteiger partial charge in [-0.2, -0.15) is 0 Å². The van der Waals surface area contributed by atoms with Crippen LogP contribution in [0.25, 0.3) is 0 Å². The van der Waals surface area contributed by atoms with Gasteiger partial charge in [0.05, 0.1) is 17.1 Å². The largest absolute Gasteiger partial charge is 0.322 e. The Hall–Kier alpha value is -2.27. The van der Waals surface area contributed by atoms with Gasteiger partial charge in [-0.15, -0.1) is 11.8 Å². The highest BCUT2D eigenvalue weighted by molar-refractivity contribution is 7.99. The van der Waals surface area contributed by atoms with Crippen LogP contribution in [0.3, 0.4) is 0 Å². The van der Waals surface area contributed by atoms with Crippen molar-refractivity contribution in [1.82, 2.24) is 0 Å². The molecule has 2 aromatic rings. The van der Waals surface area contributed by atoms with E-state index in [1.165, 1.54) is 11.1 Å². The van der Waals surface area contributed by atoms with Crippen LogP contribution < -0.4 is 10.2 Å². The van der Waals surface area contributed by atoms with Gasteiger partial charge in [0.15, 0.2) is 0 Å². The molecule has 5 heteroatoms. The second-order valence-corrected chi connectivity index (χ2v) is 7.66. The first kappa shape index (κ1) is 17.5. The van der Waals surface area contributed by atoms with Crippen molar-refractivity contribution in [2.75, 3.05) is 16.0 Å². The molecule has 2 aromatic carbocycles. The fourth-order valence-electron chi connectivity index (χ4n) is 2.98. The number of aryl methyl sites for hydroxylation is 1. The summed E-state index contributed by atoms with van der Waals surface area (Å²) < 4.78 is 0. The standard InChI is InChI=1S/C20H22N2O2S/c1-14-8-4-5-9-15(14)12-25-13-18(23)22-17-11-7-6-10-16(17)21-19(24)20(22,2)3/h4-11H,12-13H2,1-3H3,(H,21,24). The summed E-state index contributed by atoms with van der Waals surface area (Å²) in [7, 11) is 0. The average molecular weight is 354 g/mol. The smallest absolute Gasteiger partial charge is 0.250 e. The van der Waals surface area contributed by atoms with Gasteiger partial charge in [-0.25, -0.2) is 0 Å². The third-order valence-corrected chi connectivity index (χ3v) is 5.47. The van der Waals surface area contributed by atoms with Gasteiger partial charge in [-0.3, -0.25) is 14.5 Å². The molecule has 0 atom stereocenters. The highest BCUT2D eigenvalue weighted by Gasteiger charge is 2.43. The Morgan fingerprint density at radius 3 is 2.56 bits per heavy atom. The number of carbonyl (C=O) groups excluding carboxylic acids is 2. The first-order valence-corrected chi connectivity index (χ1v) is 9.42. The van der Waals surface area contributed by atoms with E-state index in [0.717, 1.165) is 11.4 Å². The number of nitrogens with zero attached hydrogens (tertiary/aromatic N) is 1. The average Bonchev–Trinajstić information content (AvgIpc) is 2.57. The summed E-state index contributed by atoms with van der Waals surface area (Å²) in [5.41, 5.74) is 2.99. The number of rotatable bonds is 4. The molecule has 25 heavy (non-hydrogen) atoms. The van der Waals surface area contributed by atoms with Crippen LogP contribution in [0.5, 0.6) is 0 Å². The minimum absolute atomic E-state index is 0.0501. The number of thioether (sulfide) groups is 1. The molecule has 1 aliphatic heterocycles. The van der Waals surface area contributed by atoms with Crippen molar-refractivity contribution < 1.29 is 9.59 Å². The van der Waals surface area contributed by atoms with Crippen LogP contribution in [0, 0.1) is 6.92 Å². The van der Waals surface area contributed by atoms with E-state index in [2.05, 4.69) is 24.4 Å². The molecule has 0 spiro atoms. The van der Waals surface area contributed by atoms with E-state index in [1.54, 1.807) is 30.5 Å². The predicted molar refractivity (Wildman–Crippen MR) is 104 cm³/mol. The van der Waals surface area contributed by atoms with Crippen LogP contribution in [0.15, 0.2) is 48.5 Å². The molecule has 2 amide bonds. The van der Waals surface area contributed by atoms with E-state index in [1.807, 2.05) is 36.4 Å². The van der Waals surface area contributed by atoms with Gasteiger partial charge < -0.3 is 5.32 Å². The first-order chi connectivity index (χ1) is 11.9. The monoisotopic (exact) mass is 354 g/mol. The zero-order valence-corrected chi connectivity index (χ0v) is 15.5. The molecule has 1 aliphatic rings. The SMILES string of the molecule is Cc1ccccc1CSCC(=O)N1c2ccccc2NC(=O)C1(C)C. The van der Waals surface area contributed by atoms with Gasteiger partial charge in [0.25, 0.3) is 0 Å². The van der Waals surface area contributed by atoms with Gasteiger partial charge in [0.2, 0.25) is 11.8 Å². The Morgan fingerprint density at radius 1 is 1.12 bits per heavy atom. The minimum atomic E-state index is -0.908. The van der Waals surface area contributed by atoms with Gasteiger partial charge >= 0.3 is 0 Å². The molecule has 3 rings (SSSR count). The zero-order chi connectivity index (χ0) is 18.0. The highest BCUT2D eigenvalue weighted by atomic mass is 32.2. The molecule has 0 saturated carbocycles. The van der Waals surface area contributed by atoms with Crippen molar-refractivity contribution in [2.24, 2.45) is 0 Å². The molecule has 0 fully saturated rings. The van der Waals surface area contributed by atoms with Gasteiger partial charge in [-0.05, 0) is 44.0 Å². The number of fused-ring (bicyclic) bond motifs is 1. The lowest BCUT2D eigenvalue weighted by Gasteiger charge is -2.42. The number of para-hydroxylation sites is 2. The lowest BCUT2D eigenvalue weighted by Crippen LogP contribution is -2.58. The van der Waals surface area contributed by atoms with E-state index >= 15 is 0 Å². The lowest BCUT2D eigenvalue weighted by molar-refractivity contribution is -0.125. The van der Waals surface area contributed by atoms with E-state index in [4.69, 9.17) is 0 Å². The predicted octanol–water partition coefficient (Wildman–Crippen LogP) is 3.99. The van der Waals surface area contributed by atoms with Gasteiger partial charge in [-0.1, -0.05) is 36.4 Å². The highest BCUT2D eigenvalue weighted by Crippen LogP contribution is 2.37. The normalized spacial score (nSPS) is 15.5. The molecule has 0 saturated heterocycles. The van der Waals surface area contributed by atoms with Crippen molar-refractivity contribution in [3.8, 4) is 0 Å². The van der Waals surface area contributed by atoms with Crippen LogP contribution in [0.4, 0.5) is 11.4 Å². The second-order valence-electron chi connectivity index (χ2n) is 6.68. The van der Waals surface area contributed by atoms with Crippen molar-refractivity contribution in [2.45, 2.75) is 32.1 Å². The van der Waals surface area contributed by atoms with Crippen molar-refractivity contribution >= 4 is 35.0 Å². The Labute approximate surface area is 152 Å². The Bertz CT molecular complexity index is 817. The van der Waals surface area contributed by atoms with Crippen LogP contribution in [0.2, 0.25) is 0 Å². The number of carbonyl (C=O) groups is 2. The quantitative estimate of drug-likeness (QED) is 0.903. The third kappa shape index (κ3) is 3.42. The maximum atomic E-state index is 12.9.